The van der Waals surface area contributed by atoms with E-state index in [9.17, 15) is 4.79 Å². The van der Waals surface area contributed by atoms with Crippen molar-refractivity contribution >= 4 is 5.91 Å². The Hall–Kier alpha value is -2.99. The molecule has 0 aliphatic heterocycles. The van der Waals surface area contributed by atoms with E-state index in [2.05, 4.69) is 15.4 Å². The fraction of sp³-hybridized carbons (Fsp3) is 0.211. The quantitative estimate of drug-likeness (QED) is 0.674. The number of aromatic nitrogens is 3. The SMILES string of the molecule is COCCCNC(=O)c1nc(-c2ccccc2)n(-c2ccccc2)n1. The molecule has 0 spiro atoms. The summed E-state index contributed by atoms with van der Waals surface area (Å²) in [5.41, 5.74) is 1.75. The maximum absolute atomic E-state index is 12.3. The van der Waals surface area contributed by atoms with Gasteiger partial charge in [0.25, 0.3) is 5.91 Å². The lowest BCUT2D eigenvalue weighted by Gasteiger charge is -2.05. The highest BCUT2D eigenvalue weighted by atomic mass is 16.5. The number of benzene rings is 2. The van der Waals surface area contributed by atoms with Crippen LogP contribution in [0.15, 0.2) is 60.7 Å². The molecule has 6 heteroatoms. The maximum Gasteiger partial charge on any atom is 0.290 e. The molecule has 25 heavy (non-hydrogen) atoms. The van der Waals surface area contributed by atoms with Crippen LogP contribution in [0.2, 0.25) is 0 Å². The minimum Gasteiger partial charge on any atom is -0.385 e. The van der Waals surface area contributed by atoms with Crippen molar-refractivity contribution in [3.63, 3.8) is 0 Å². The first kappa shape index (κ1) is 16.9. The van der Waals surface area contributed by atoms with Gasteiger partial charge >= 0.3 is 0 Å². The van der Waals surface area contributed by atoms with E-state index in [4.69, 9.17) is 4.74 Å². The molecule has 0 bridgehead atoms. The van der Waals surface area contributed by atoms with E-state index in [1.54, 1.807) is 11.8 Å². The number of para-hydroxylation sites is 1. The largest absolute Gasteiger partial charge is 0.385 e. The van der Waals surface area contributed by atoms with Crippen LogP contribution in [0, 0.1) is 0 Å². The topological polar surface area (TPSA) is 69.0 Å². The van der Waals surface area contributed by atoms with Gasteiger partial charge in [0.05, 0.1) is 5.69 Å². The first-order chi connectivity index (χ1) is 12.3. The van der Waals surface area contributed by atoms with E-state index in [1.807, 2.05) is 60.7 Å². The summed E-state index contributed by atoms with van der Waals surface area (Å²) < 4.78 is 6.68. The summed E-state index contributed by atoms with van der Waals surface area (Å²) in [5.74, 6) is 0.497. The molecule has 0 aliphatic carbocycles. The zero-order valence-corrected chi connectivity index (χ0v) is 14.1. The van der Waals surface area contributed by atoms with Gasteiger partial charge in [-0.3, -0.25) is 4.79 Å². The molecule has 0 saturated carbocycles. The van der Waals surface area contributed by atoms with Gasteiger partial charge in [-0.05, 0) is 18.6 Å². The second kappa shape index (κ2) is 8.21. The van der Waals surface area contributed by atoms with Gasteiger partial charge in [0, 0.05) is 25.8 Å². The fourth-order valence-electron chi connectivity index (χ4n) is 2.43. The van der Waals surface area contributed by atoms with Crippen LogP contribution in [-0.4, -0.2) is 40.9 Å². The number of nitrogens with zero attached hydrogens (tertiary/aromatic N) is 3. The Morgan fingerprint density at radius 1 is 1.08 bits per heavy atom. The molecule has 128 valence electrons. The van der Waals surface area contributed by atoms with E-state index < -0.39 is 0 Å². The van der Waals surface area contributed by atoms with Gasteiger partial charge in [-0.15, -0.1) is 5.10 Å². The molecular weight excluding hydrogens is 316 g/mol. The Bertz CT molecular complexity index is 759. The molecule has 1 heterocycles. The number of rotatable bonds is 7. The third-order valence-electron chi connectivity index (χ3n) is 3.65. The number of nitrogens with one attached hydrogen (secondary N) is 1. The molecule has 0 saturated heterocycles. The van der Waals surface area contributed by atoms with Crippen molar-refractivity contribution in [3.05, 3.63) is 66.5 Å². The number of ether oxygens (including phenoxy) is 1. The van der Waals surface area contributed by atoms with Gasteiger partial charge in [-0.1, -0.05) is 48.5 Å². The molecule has 1 amide bonds. The molecule has 3 aromatic rings. The van der Waals surface area contributed by atoms with Gasteiger partial charge in [-0.2, -0.15) is 0 Å². The lowest BCUT2D eigenvalue weighted by Crippen LogP contribution is -2.26. The third kappa shape index (κ3) is 4.10. The molecule has 0 aliphatic rings. The average Bonchev–Trinajstić information content (AvgIpc) is 3.12. The zero-order chi connectivity index (χ0) is 17.5. The standard InChI is InChI=1S/C19H20N4O2/c1-25-14-8-13-20-19(24)17-21-18(15-9-4-2-5-10-15)23(22-17)16-11-6-3-7-12-16/h2-7,9-12H,8,13-14H2,1H3,(H,20,24). The number of amides is 1. The highest BCUT2D eigenvalue weighted by Crippen LogP contribution is 2.20. The number of carbonyl (C=O) groups excluding carboxylic acids is 1. The average molecular weight is 336 g/mol. The second-order valence-electron chi connectivity index (χ2n) is 5.47. The minimum atomic E-state index is -0.289. The third-order valence-corrected chi connectivity index (χ3v) is 3.65. The Morgan fingerprint density at radius 2 is 1.76 bits per heavy atom. The number of carbonyl (C=O) groups is 1. The van der Waals surface area contributed by atoms with Crippen molar-refractivity contribution in [2.45, 2.75) is 6.42 Å². The minimum absolute atomic E-state index is 0.153. The molecule has 2 aromatic carbocycles. The Morgan fingerprint density at radius 3 is 2.44 bits per heavy atom. The molecule has 0 fully saturated rings. The van der Waals surface area contributed by atoms with Gasteiger partial charge in [0.15, 0.2) is 5.82 Å². The summed E-state index contributed by atoms with van der Waals surface area (Å²) in [7, 11) is 1.64. The van der Waals surface area contributed by atoms with E-state index in [-0.39, 0.29) is 11.7 Å². The van der Waals surface area contributed by atoms with Crippen molar-refractivity contribution in [2.75, 3.05) is 20.3 Å². The molecule has 3 rings (SSSR count). The van der Waals surface area contributed by atoms with Crippen LogP contribution >= 0.6 is 0 Å². The Labute approximate surface area is 146 Å². The van der Waals surface area contributed by atoms with Crippen molar-refractivity contribution in [1.29, 1.82) is 0 Å². The molecule has 0 radical (unpaired) electrons. The van der Waals surface area contributed by atoms with Gasteiger partial charge < -0.3 is 10.1 Å². The normalized spacial score (nSPS) is 10.6. The molecule has 0 atom stereocenters. The first-order valence-corrected chi connectivity index (χ1v) is 8.14. The highest BCUT2D eigenvalue weighted by Gasteiger charge is 2.18. The smallest absolute Gasteiger partial charge is 0.290 e. The van der Waals surface area contributed by atoms with E-state index in [0.29, 0.717) is 19.0 Å². The second-order valence-corrected chi connectivity index (χ2v) is 5.47. The number of hydrogen-bond acceptors (Lipinski definition) is 4. The Kier molecular flexibility index (Phi) is 5.53. The van der Waals surface area contributed by atoms with Crippen molar-refractivity contribution in [2.24, 2.45) is 0 Å². The lowest BCUT2D eigenvalue weighted by molar-refractivity contribution is 0.0938. The monoisotopic (exact) mass is 336 g/mol. The molecule has 1 aromatic heterocycles. The summed E-state index contributed by atoms with van der Waals surface area (Å²) in [6.45, 7) is 1.12. The van der Waals surface area contributed by atoms with Gasteiger partial charge in [-0.25, -0.2) is 9.67 Å². The molecule has 1 N–H and O–H groups in total. The number of methoxy groups -OCH3 is 1. The van der Waals surface area contributed by atoms with Gasteiger partial charge in [0.1, 0.15) is 0 Å². The van der Waals surface area contributed by atoms with E-state index in [1.165, 1.54) is 0 Å². The van der Waals surface area contributed by atoms with Crippen LogP contribution in [0.25, 0.3) is 17.1 Å². The summed E-state index contributed by atoms with van der Waals surface area (Å²) in [6.07, 6.45) is 0.743. The molecular formula is C19H20N4O2. The summed E-state index contributed by atoms with van der Waals surface area (Å²) >= 11 is 0. The van der Waals surface area contributed by atoms with Crippen LogP contribution in [0.4, 0.5) is 0 Å². The number of hydrogen-bond donors (Lipinski definition) is 1. The molecule has 6 nitrogen and oxygen atoms in total. The van der Waals surface area contributed by atoms with E-state index in [0.717, 1.165) is 17.7 Å². The predicted octanol–water partition coefficient (Wildman–Crippen LogP) is 2.70. The van der Waals surface area contributed by atoms with Crippen LogP contribution < -0.4 is 5.32 Å². The van der Waals surface area contributed by atoms with Crippen LogP contribution in [0.5, 0.6) is 0 Å². The van der Waals surface area contributed by atoms with Crippen LogP contribution in [0.3, 0.4) is 0 Å². The summed E-state index contributed by atoms with van der Waals surface area (Å²) in [4.78, 5) is 16.8. The predicted molar refractivity (Wildman–Crippen MR) is 95.6 cm³/mol. The van der Waals surface area contributed by atoms with E-state index >= 15 is 0 Å². The fourth-order valence-corrected chi connectivity index (χ4v) is 2.43. The van der Waals surface area contributed by atoms with Gasteiger partial charge in [0.2, 0.25) is 5.82 Å². The Balaban J connectivity index is 1.91. The zero-order valence-electron chi connectivity index (χ0n) is 14.1. The van der Waals surface area contributed by atoms with Crippen molar-refractivity contribution in [1.82, 2.24) is 20.1 Å². The summed E-state index contributed by atoms with van der Waals surface area (Å²) in [6, 6.07) is 19.4. The van der Waals surface area contributed by atoms with Crippen LogP contribution in [0.1, 0.15) is 17.0 Å². The highest BCUT2D eigenvalue weighted by molar-refractivity contribution is 5.91. The first-order valence-electron chi connectivity index (χ1n) is 8.14. The van der Waals surface area contributed by atoms with Crippen molar-refractivity contribution < 1.29 is 9.53 Å². The van der Waals surface area contributed by atoms with Crippen molar-refractivity contribution in [3.8, 4) is 17.1 Å². The van der Waals surface area contributed by atoms with Crippen LogP contribution in [-0.2, 0) is 4.74 Å². The maximum atomic E-state index is 12.3. The summed E-state index contributed by atoms with van der Waals surface area (Å²) in [5, 5.41) is 7.24. The lowest BCUT2D eigenvalue weighted by atomic mass is 10.2. The molecule has 0 unspecified atom stereocenters.